The van der Waals surface area contributed by atoms with E-state index in [0.29, 0.717) is 0 Å². The highest BCUT2D eigenvalue weighted by Gasteiger charge is 2.26. The van der Waals surface area contributed by atoms with E-state index < -0.39 is 9.84 Å². The number of likely N-dealkylation sites (N-methyl/N-ethyl adjacent to an activating group) is 1. The number of hydrogen-bond donors (Lipinski definition) is 1. The Morgan fingerprint density at radius 3 is 2.59 bits per heavy atom. The lowest BCUT2D eigenvalue weighted by molar-refractivity contribution is -0.128. The minimum absolute atomic E-state index is 0.0613. The van der Waals surface area contributed by atoms with Gasteiger partial charge >= 0.3 is 0 Å². The van der Waals surface area contributed by atoms with Crippen LogP contribution in [0.25, 0.3) is 0 Å². The average molecular weight is 262 g/mol. The zero-order valence-electron chi connectivity index (χ0n) is 10.8. The van der Waals surface area contributed by atoms with E-state index in [9.17, 15) is 13.2 Å². The van der Waals surface area contributed by atoms with Gasteiger partial charge in [-0.2, -0.15) is 0 Å². The first kappa shape index (κ1) is 14.4. The predicted molar refractivity (Wildman–Crippen MR) is 67.5 cm³/mol. The van der Waals surface area contributed by atoms with E-state index in [1.807, 2.05) is 13.8 Å². The second kappa shape index (κ2) is 5.82. The Morgan fingerprint density at radius 2 is 2.12 bits per heavy atom. The second-order valence-corrected chi connectivity index (χ2v) is 7.21. The van der Waals surface area contributed by atoms with Gasteiger partial charge in [-0.15, -0.1) is 0 Å². The van der Waals surface area contributed by atoms with E-state index in [1.54, 1.807) is 11.9 Å². The summed E-state index contributed by atoms with van der Waals surface area (Å²) >= 11 is 0. The van der Waals surface area contributed by atoms with E-state index in [-0.39, 0.29) is 29.4 Å². The third-order valence-corrected chi connectivity index (χ3v) is 4.77. The van der Waals surface area contributed by atoms with Gasteiger partial charge in [-0.1, -0.05) is 13.8 Å². The summed E-state index contributed by atoms with van der Waals surface area (Å²) in [4.78, 5) is 13.4. The van der Waals surface area contributed by atoms with Crippen molar-refractivity contribution in [1.29, 1.82) is 0 Å². The fourth-order valence-corrected chi connectivity index (χ4v) is 3.74. The van der Waals surface area contributed by atoms with E-state index in [4.69, 9.17) is 0 Å². The molecule has 0 spiro atoms. The first-order valence-corrected chi connectivity index (χ1v) is 7.81. The van der Waals surface area contributed by atoms with Gasteiger partial charge in [-0.25, -0.2) is 8.42 Å². The largest absolute Gasteiger partial charge is 0.341 e. The van der Waals surface area contributed by atoms with Crippen molar-refractivity contribution in [2.45, 2.75) is 26.3 Å². The molecule has 0 aromatic carbocycles. The minimum Gasteiger partial charge on any atom is -0.341 e. The summed E-state index contributed by atoms with van der Waals surface area (Å²) in [7, 11) is -1.58. The third kappa shape index (κ3) is 4.63. The summed E-state index contributed by atoms with van der Waals surface area (Å²) in [6.07, 6.45) is 0.895. The van der Waals surface area contributed by atoms with Crippen molar-refractivity contribution < 1.29 is 13.2 Å². The fraction of sp³-hybridized carbons (Fsp3) is 0.909. The molecule has 1 aliphatic heterocycles. The van der Waals surface area contributed by atoms with E-state index in [0.717, 1.165) is 19.5 Å². The number of carbonyl (C=O) groups is 1. The molecule has 0 radical (unpaired) electrons. The first-order valence-electron chi connectivity index (χ1n) is 5.98. The molecule has 0 aromatic rings. The molecule has 17 heavy (non-hydrogen) atoms. The van der Waals surface area contributed by atoms with Crippen LogP contribution < -0.4 is 5.32 Å². The van der Waals surface area contributed by atoms with Crippen LogP contribution in [0.3, 0.4) is 0 Å². The minimum atomic E-state index is -3.27. The molecule has 6 heteroatoms. The summed E-state index contributed by atoms with van der Waals surface area (Å²) in [6, 6.07) is 0.136. The molecule has 1 fully saturated rings. The topological polar surface area (TPSA) is 66.5 Å². The van der Waals surface area contributed by atoms with Crippen molar-refractivity contribution in [2.75, 3.05) is 31.6 Å². The molecular weight excluding hydrogens is 240 g/mol. The van der Waals surface area contributed by atoms with Gasteiger partial charge in [-0.05, 0) is 18.9 Å². The van der Waals surface area contributed by atoms with Crippen LogP contribution in [0.4, 0.5) is 0 Å². The summed E-state index contributed by atoms with van der Waals surface area (Å²) in [5.41, 5.74) is 0. The lowest BCUT2D eigenvalue weighted by Crippen LogP contribution is -2.41. The Bertz CT molecular complexity index is 359. The zero-order valence-corrected chi connectivity index (χ0v) is 11.6. The molecule has 1 amide bonds. The van der Waals surface area contributed by atoms with Crippen LogP contribution in [0.15, 0.2) is 0 Å². The lowest BCUT2D eigenvalue weighted by atomic mass is 10.2. The van der Waals surface area contributed by atoms with Crippen LogP contribution in [0, 0.1) is 5.92 Å². The van der Waals surface area contributed by atoms with E-state index in [2.05, 4.69) is 5.32 Å². The maximum absolute atomic E-state index is 11.8. The van der Waals surface area contributed by atoms with Gasteiger partial charge in [0, 0.05) is 19.6 Å². The first-order chi connectivity index (χ1) is 7.82. The van der Waals surface area contributed by atoms with Crippen LogP contribution in [0.2, 0.25) is 0 Å². The highest BCUT2D eigenvalue weighted by atomic mass is 32.2. The molecule has 5 nitrogen and oxygen atoms in total. The van der Waals surface area contributed by atoms with Crippen molar-refractivity contribution in [1.82, 2.24) is 10.2 Å². The maximum atomic E-state index is 11.8. The van der Waals surface area contributed by atoms with Gasteiger partial charge in [0.1, 0.15) is 5.75 Å². The van der Waals surface area contributed by atoms with Crippen LogP contribution in [0.5, 0.6) is 0 Å². The van der Waals surface area contributed by atoms with Gasteiger partial charge in [-0.3, -0.25) is 4.79 Å². The van der Waals surface area contributed by atoms with Crippen LogP contribution in [0.1, 0.15) is 20.3 Å². The third-order valence-electron chi connectivity index (χ3n) is 2.91. The van der Waals surface area contributed by atoms with Gasteiger partial charge in [0.05, 0.1) is 5.75 Å². The van der Waals surface area contributed by atoms with E-state index >= 15 is 0 Å². The number of nitrogens with one attached hydrogen (secondary N) is 1. The van der Waals surface area contributed by atoms with Crippen molar-refractivity contribution in [3.63, 3.8) is 0 Å². The molecule has 1 unspecified atom stereocenters. The quantitative estimate of drug-likeness (QED) is 0.750. The Labute approximate surface area is 103 Å². The molecule has 1 atom stereocenters. The average Bonchev–Trinajstić information content (AvgIpc) is 2.65. The zero-order chi connectivity index (χ0) is 13.1. The fourth-order valence-electron chi connectivity index (χ4n) is 2.03. The summed E-state index contributed by atoms with van der Waals surface area (Å²) < 4.78 is 23.4. The number of nitrogens with zero attached hydrogens (tertiary/aromatic N) is 1. The van der Waals surface area contributed by atoms with Crippen LogP contribution >= 0.6 is 0 Å². The van der Waals surface area contributed by atoms with Gasteiger partial charge in [0.25, 0.3) is 0 Å². The molecule has 1 aliphatic rings. The summed E-state index contributed by atoms with van der Waals surface area (Å²) in [5.74, 6) is -0.515. The van der Waals surface area contributed by atoms with Gasteiger partial charge in [0.2, 0.25) is 5.91 Å². The standard InChI is InChI=1S/C11H22N2O3S/c1-9(2)7-17(15,16)8-11(14)13(3)10-4-5-12-6-10/h9-10,12H,4-8H2,1-3H3. The van der Waals surface area contributed by atoms with Crippen molar-refractivity contribution in [3.05, 3.63) is 0 Å². The molecule has 1 heterocycles. The molecular formula is C11H22N2O3S. The second-order valence-electron chi connectivity index (χ2n) is 5.10. The number of hydrogen-bond acceptors (Lipinski definition) is 4. The molecule has 1 rings (SSSR count). The van der Waals surface area contributed by atoms with Gasteiger partial charge < -0.3 is 10.2 Å². The van der Waals surface area contributed by atoms with E-state index in [1.165, 1.54) is 0 Å². The monoisotopic (exact) mass is 262 g/mol. The molecule has 0 aliphatic carbocycles. The number of rotatable bonds is 5. The number of carbonyl (C=O) groups excluding carboxylic acids is 1. The molecule has 100 valence electrons. The van der Waals surface area contributed by atoms with Crippen LogP contribution in [-0.4, -0.2) is 56.9 Å². The highest BCUT2D eigenvalue weighted by molar-refractivity contribution is 7.92. The van der Waals surface area contributed by atoms with Gasteiger partial charge in [0.15, 0.2) is 9.84 Å². The molecule has 0 bridgehead atoms. The van der Waals surface area contributed by atoms with Crippen molar-refractivity contribution in [3.8, 4) is 0 Å². The molecule has 0 aromatic heterocycles. The number of amides is 1. The molecule has 1 N–H and O–H groups in total. The van der Waals surface area contributed by atoms with Crippen molar-refractivity contribution in [2.24, 2.45) is 5.92 Å². The highest BCUT2D eigenvalue weighted by Crippen LogP contribution is 2.08. The number of sulfone groups is 1. The smallest absolute Gasteiger partial charge is 0.237 e. The SMILES string of the molecule is CC(C)CS(=O)(=O)CC(=O)N(C)C1CCNC1. The Hall–Kier alpha value is -0.620. The molecule has 1 saturated heterocycles. The maximum Gasteiger partial charge on any atom is 0.237 e. The Kier molecular flexibility index (Phi) is 4.94. The Morgan fingerprint density at radius 1 is 1.47 bits per heavy atom. The Balaban J connectivity index is 2.53. The molecule has 0 saturated carbocycles. The lowest BCUT2D eigenvalue weighted by Gasteiger charge is -2.23. The summed E-state index contributed by atoms with van der Waals surface area (Å²) in [6.45, 7) is 5.33. The summed E-state index contributed by atoms with van der Waals surface area (Å²) in [5, 5.41) is 3.16. The predicted octanol–water partition coefficient (Wildman–Crippen LogP) is -0.122. The van der Waals surface area contributed by atoms with Crippen molar-refractivity contribution >= 4 is 15.7 Å². The normalized spacial score (nSPS) is 20.8. The van der Waals surface area contributed by atoms with Crippen LogP contribution in [-0.2, 0) is 14.6 Å².